The Bertz CT molecular complexity index is 918. The van der Waals surface area contributed by atoms with Crippen molar-refractivity contribution in [2.45, 2.75) is 109 Å². The van der Waals surface area contributed by atoms with Gasteiger partial charge >= 0.3 is 0 Å². The van der Waals surface area contributed by atoms with Gasteiger partial charge in [0.1, 0.15) is 12.4 Å². The Kier molecular flexibility index (Phi) is 12.2. The summed E-state index contributed by atoms with van der Waals surface area (Å²) in [7, 11) is 0. The van der Waals surface area contributed by atoms with E-state index in [1.165, 1.54) is 55.2 Å². The smallest absolute Gasteiger partial charge is 0.119 e. The van der Waals surface area contributed by atoms with Crippen molar-refractivity contribution in [3.05, 3.63) is 77.4 Å². The first kappa shape index (κ1) is 28.9. The molecule has 0 atom stereocenters. The van der Waals surface area contributed by atoms with E-state index in [1.807, 2.05) is 0 Å². The zero-order chi connectivity index (χ0) is 26.4. The van der Waals surface area contributed by atoms with E-state index in [1.54, 1.807) is 0 Å². The highest BCUT2D eigenvalue weighted by molar-refractivity contribution is 5.27. The Hall–Kier alpha value is -2.14. The lowest BCUT2D eigenvalue weighted by molar-refractivity contribution is -0.335. The van der Waals surface area contributed by atoms with Crippen LogP contribution in [0.15, 0.2) is 60.7 Å². The molecule has 2 aliphatic carbocycles. The van der Waals surface area contributed by atoms with Crippen LogP contribution in [0.4, 0.5) is 0 Å². The fraction of sp³-hybridized carbons (Fsp3) is 0.588. The van der Waals surface area contributed by atoms with E-state index in [-0.39, 0.29) is 6.10 Å². The van der Waals surface area contributed by atoms with Gasteiger partial charge in [0.2, 0.25) is 0 Å². The molecule has 2 aromatic carbocycles. The van der Waals surface area contributed by atoms with Gasteiger partial charge in [0.05, 0.1) is 25.4 Å². The predicted molar refractivity (Wildman–Crippen MR) is 154 cm³/mol. The van der Waals surface area contributed by atoms with E-state index in [2.05, 4.69) is 62.0 Å². The molecule has 0 bridgehead atoms. The molecule has 38 heavy (non-hydrogen) atoms. The molecule has 0 aliphatic heterocycles. The van der Waals surface area contributed by atoms with Crippen molar-refractivity contribution in [2.24, 2.45) is 5.92 Å². The predicted octanol–water partition coefficient (Wildman–Crippen LogP) is 8.56. The van der Waals surface area contributed by atoms with Crippen LogP contribution in [-0.4, -0.2) is 25.4 Å². The normalized spacial score (nSPS) is 20.5. The van der Waals surface area contributed by atoms with Gasteiger partial charge in [-0.3, -0.25) is 0 Å². The Morgan fingerprint density at radius 2 is 1.29 bits per heavy atom. The molecule has 0 spiro atoms. The molecular weight excluding hydrogens is 472 g/mol. The molecule has 0 radical (unpaired) electrons. The lowest BCUT2D eigenvalue weighted by Crippen LogP contribution is -2.21. The van der Waals surface area contributed by atoms with Crippen molar-refractivity contribution in [2.75, 3.05) is 13.2 Å². The van der Waals surface area contributed by atoms with Gasteiger partial charge in [0.15, 0.2) is 0 Å². The van der Waals surface area contributed by atoms with E-state index in [0.717, 1.165) is 75.4 Å². The molecule has 0 aromatic heterocycles. The number of hydrogen-bond acceptors (Lipinski definition) is 4. The molecule has 0 heterocycles. The Balaban J connectivity index is 1.02. The number of benzene rings is 2. The highest BCUT2D eigenvalue weighted by Crippen LogP contribution is 2.26. The number of unbranched alkanes of at least 4 members (excludes halogenated alkanes) is 1. The van der Waals surface area contributed by atoms with Crippen LogP contribution in [0.5, 0.6) is 5.75 Å². The third-order valence-corrected chi connectivity index (χ3v) is 8.07. The van der Waals surface area contributed by atoms with Gasteiger partial charge in [0, 0.05) is 6.42 Å². The molecular formula is C34H48O4. The molecule has 2 saturated carbocycles. The summed E-state index contributed by atoms with van der Waals surface area (Å²) in [5.41, 5.74) is 5.25. The second-order valence-corrected chi connectivity index (χ2v) is 11.4. The third-order valence-electron chi connectivity index (χ3n) is 8.07. The fourth-order valence-corrected chi connectivity index (χ4v) is 5.40. The Labute approximate surface area is 230 Å². The summed E-state index contributed by atoms with van der Waals surface area (Å²) in [6.07, 6.45) is 15.4. The van der Waals surface area contributed by atoms with Gasteiger partial charge in [-0.1, -0.05) is 55.5 Å². The summed E-state index contributed by atoms with van der Waals surface area (Å²) in [4.78, 5) is 11.1. The highest BCUT2D eigenvalue weighted by Gasteiger charge is 2.18. The fourth-order valence-electron chi connectivity index (χ4n) is 5.40. The van der Waals surface area contributed by atoms with Gasteiger partial charge in [0.25, 0.3) is 0 Å². The van der Waals surface area contributed by atoms with Crippen molar-refractivity contribution in [3.8, 4) is 5.75 Å². The summed E-state index contributed by atoms with van der Waals surface area (Å²) < 4.78 is 11.9. The highest BCUT2D eigenvalue weighted by atomic mass is 17.2. The van der Waals surface area contributed by atoms with Crippen molar-refractivity contribution < 1.29 is 19.2 Å². The van der Waals surface area contributed by atoms with Gasteiger partial charge in [-0.05, 0) is 112 Å². The minimum atomic E-state index is 0.212. The number of aryl methyl sites for hydroxylation is 2. The first-order valence-electron chi connectivity index (χ1n) is 15.0. The van der Waals surface area contributed by atoms with Crippen molar-refractivity contribution in [3.63, 3.8) is 0 Å². The monoisotopic (exact) mass is 520 g/mol. The van der Waals surface area contributed by atoms with Crippen LogP contribution in [0, 0.1) is 5.92 Å². The number of hydrogen-bond donors (Lipinski definition) is 0. The molecule has 0 N–H and O–H groups in total. The maximum atomic E-state index is 6.03. The zero-order valence-corrected chi connectivity index (χ0v) is 23.5. The molecule has 2 aromatic rings. The second kappa shape index (κ2) is 16.1. The minimum absolute atomic E-state index is 0.212. The number of rotatable bonds is 15. The third kappa shape index (κ3) is 10.6. The molecule has 0 amide bonds. The lowest BCUT2D eigenvalue weighted by atomic mass is 9.89. The summed E-state index contributed by atoms with van der Waals surface area (Å²) in [5.74, 6) is 1.83. The first-order valence-corrected chi connectivity index (χ1v) is 15.0. The van der Waals surface area contributed by atoms with Gasteiger partial charge in [-0.25, -0.2) is 9.78 Å². The van der Waals surface area contributed by atoms with Crippen LogP contribution >= 0.6 is 0 Å². The topological polar surface area (TPSA) is 36.9 Å². The van der Waals surface area contributed by atoms with Crippen molar-refractivity contribution >= 4 is 0 Å². The molecule has 2 aliphatic rings. The second-order valence-electron chi connectivity index (χ2n) is 11.4. The van der Waals surface area contributed by atoms with Crippen LogP contribution in [0.1, 0.15) is 94.2 Å². The zero-order valence-electron chi connectivity index (χ0n) is 23.5. The van der Waals surface area contributed by atoms with Crippen LogP contribution in [0.25, 0.3) is 0 Å². The van der Waals surface area contributed by atoms with Crippen LogP contribution in [0.3, 0.4) is 0 Å². The van der Waals surface area contributed by atoms with Crippen LogP contribution < -0.4 is 4.74 Å². The molecule has 0 unspecified atom stereocenters. The van der Waals surface area contributed by atoms with Crippen LogP contribution in [-0.2, 0) is 34.0 Å². The summed E-state index contributed by atoms with van der Waals surface area (Å²) in [5, 5.41) is 0. The Morgan fingerprint density at radius 1 is 0.684 bits per heavy atom. The van der Waals surface area contributed by atoms with Gasteiger partial charge in [-0.15, -0.1) is 0 Å². The maximum absolute atomic E-state index is 6.03. The quantitative estimate of drug-likeness (QED) is 0.102. The van der Waals surface area contributed by atoms with E-state index >= 15 is 0 Å². The number of allylic oxidation sites excluding steroid dienone is 1. The lowest BCUT2D eigenvalue weighted by Gasteiger charge is -2.26. The van der Waals surface area contributed by atoms with Crippen molar-refractivity contribution in [1.82, 2.24) is 0 Å². The summed E-state index contributed by atoms with van der Waals surface area (Å²) in [6, 6.07) is 17.4. The van der Waals surface area contributed by atoms with E-state index in [0.29, 0.717) is 12.7 Å². The molecule has 2 fully saturated rings. The first-order chi connectivity index (χ1) is 18.6. The van der Waals surface area contributed by atoms with E-state index < -0.39 is 0 Å². The van der Waals surface area contributed by atoms with Crippen molar-refractivity contribution in [1.29, 1.82) is 0 Å². The number of ether oxygens (including phenoxy) is 2. The standard InChI is InChI=1S/C34H48O4/c1-27-8-18-32(19-9-27)35-24-5-25-36-33-22-16-30(17-23-33)7-4-3-6-29-12-14-31(15-13-29)26-37-38-34-20-10-28(2)11-21-34/h12-17,22-23,27,32,34H,2-11,18-21,24-26H2,1H3. The molecule has 0 saturated heterocycles. The average Bonchev–Trinajstić information content (AvgIpc) is 2.94. The SMILES string of the molecule is C=C1CCC(OOCc2ccc(CCCCc3ccc(OCCCOC4CCC(C)CC4)cc3)cc2)CC1. The molecule has 4 nitrogen and oxygen atoms in total. The average molecular weight is 521 g/mol. The van der Waals surface area contributed by atoms with Gasteiger partial charge < -0.3 is 9.47 Å². The van der Waals surface area contributed by atoms with Gasteiger partial charge in [-0.2, -0.15) is 0 Å². The molecule has 4 heteroatoms. The summed E-state index contributed by atoms with van der Waals surface area (Å²) >= 11 is 0. The van der Waals surface area contributed by atoms with E-state index in [4.69, 9.17) is 19.2 Å². The largest absolute Gasteiger partial charge is 0.494 e. The maximum Gasteiger partial charge on any atom is 0.119 e. The minimum Gasteiger partial charge on any atom is -0.494 e. The van der Waals surface area contributed by atoms with Crippen LogP contribution in [0.2, 0.25) is 0 Å². The molecule has 4 rings (SSSR count). The Morgan fingerprint density at radius 3 is 1.95 bits per heavy atom. The summed E-state index contributed by atoms with van der Waals surface area (Å²) in [6.45, 7) is 8.43. The van der Waals surface area contributed by atoms with E-state index in [9.17, 15) is 0 Å². The molecule has 208 valence electrons.